The van der Waals surface area contributed by atoms with Gasteiger partial charge >= 0.3 is 0 Å². The molecule has 0 amide bonds. The molecular formula is C60H65N3O. The minimum atomic E-state index is -3.36. The van der Waals surface area contributed by atoms with Gasteiger partial charge in [0.25, 0.3) is 0 Å². The van der Waals surface area contributed by atoms with Crippen molar-refractivity contribution in [1.29, 1.82) is 0 Å². The van der Waals surface area contributed by atoms with Gasteiger partial charge in [-0.05, 0) is 134 Å². The molecule has 0 fully saturated rings. The Labute approximate surface area is 394 Å². The van der Waals surface area contributed by atoms with Crippen molar-refractivity contribution in [3.63, 3.8) is 0 Å². The summed E-state index contributed by atoms with van der Waals surface area (Å²) in [5, 5.41) is 12.3. The molecule has 326 valence electrons. The predicted octanol–water partition coefficient (Wildman–Crippen LogP) is 16.5. The molecule has 0 radical (unpaired) electrons. The second-order valence-electron chi connectivity index (χ2n) is 19.4. The van der Waals surface area contributed by atoms with Crippen LogP contribution < -0.4 is 0 Å². The number of phenolic OH excluding ortho intramolecular Hbond substituents is 1. The first kappa shape index (κ1) is 34.2. The van der Waals surface area contributed by atoms with Crippen LogP contribution in [0.2, 0.25) is 0 Å². The van der Waals surface area contributed by atoms with Gasteiger partial charge in [0.05, 0.1) is 28.0 Å². The normalized spacial score (nSPS) is 15.0. The molecule has 8 aromatic rings. The number of aromatic nitrogens is 3. The average Bonchev–Trinajstić information content (AvgIpc) is 3.69. The van der Waals surface area contributed by atoms with Gasteiger partial charge in [-0.25, -0.2) is 4.98 Å². The highest BCUT2D eigenvalue weighted by Crippen LogP contribution is 2.44. The van der Waals surface area contributed by atoms with Crippen LogP contribution in [-0.4, -0.2) is 19.6 Å². The Balaban J connectivity index is 1.35. The largest absolute Gasteiger partial charge is 0.507 e. The molecule has 0 spiro atoms. The Morgan fingerprint density at radius 3 is 2.00 bits per heavy atom. The number of phenols is 1. The second kappa shape index (κ2) is 17.4. The molecule has 64 heavy (non-hydrogen) atoms. The van der Waals surface area contributed by atoms with Crippen molar-refractivity contribution in [3.8, 4) is 67.5 Å². The zero-order valence-corrected chi connectivity index (χ0v) is 38.5. The number of hydrogen-bond acceptors (Lipinski definition) is 3. The van der Waals surface area contributed by atoms with Crippen LogP contribution in [0, 0.1) is 5.92 Å². The highest BCUT2D eigenvalue weighted by atomic mass is 16.3. The Morgan fingerprint density at radius 2 is 1.33 bits per heavy atom. The van der Waals surface area contributed by atoms with Crippen LogP contribution in [0.3, 0.4) is 0 Å². The minimum Gasteiger partial charge on any atom is -0.507 e. The summed E-state index contributed by atoms with van der Waals surface area (Å²) in [6.07, 6.45) is 2.61. The number of aromatic hydroxyl groups is 1. The van der Waals surface area contributed by atoms with E-state index in [1.54, 1.807) is 24.4 Å². The topological polar surface area (TPSA) is 50.9 Å². The van der Waals surface area contributed by atoms with Gasteiger partial charge in [0.15, 0.2) is 0 Å². The lowest BCUT2D eigenvalue weighted by molar-refractivity contribution is 0.466. The summed E-state index contributed by atoms with van der Waals surface area (Å²) < 4.78 is 76.1. The quantitative estimate of drug-likeness (QED) is 0.149. The van der Waals surface area contributed by atoms with Crippen molar-refractivity contribution in [1.82, 2.24) is 14.5 Å². The van der Waals surface area contributed by atoms with Gasteiger partial charge in [-0.2, -0.15) is 0 Å². The van der Waals surface area contributed by atoms with Gasteiger partial charge in [-0.3, -0.25) is 9.55 Å². The number of pyridine rings is 1. The number of benzene rings is 6. The summed E-state index contributed by atoms with van der Waals surface area (Å²) >= 11 is 0. The number of para-hydroxylation sites is 1. The van der Waals surface area contributed by atoms with Gasteiger partial charge in [-0.15, -0.1) is 0 Å². The fraction of sp³-hybridized carbons (Fsp3) is 0.300. The molecule has 1 N–H and O–H groups in total. The smallest absolute Gasteiger partial charge is 0.149 e. The van der Waals surface area contributed by atoms with E-state index in [1.807, 2.05) is 12.1 Å². The number of fused-ring (bicyclic) bond motifs is 1. The van der Waals surface area contributed by atoms with Crippen molar-refractivity contribution in [3.05, 3.63) is 167 Å². The van der Waals surface area contributed by atoms with Gasteiger partial charge in [0, 0.05) is 35.2 Å². The molecule has 0 bridgehead atoms. The summed E-state index contributed by atoms with van der Waals surface area (Å²) in [6, 6.07) is 43.5. The summed E-state index contributed by atoms with van der Waals surface area (Å²) in [7, 11) is 0. The zero-order valence-electron chi connectivity index (χ0n) is 47.5. The van der Waals surface area contributed by atoms with Crippen molar-refractivity contribution in [2.45, 2.75) is 112 Å². The maximum absolute atomic E-state index is 12.3. The highest BCUT2D eigenvalue weighted by Gasteiger charge is 2.26. The number of nitrogens with zero attached hydrogens (tertiary/aromatic N) is 3. The Hall–Kier alpha value is -6.26. The fourth-order valence-electron chi connectivity index (χ4n) is 8.65. The third-order valence-corrected chi connectivity index (χ3v) is 12.2. The molecule has 4 heteroatoms. The van der Waals surface area contributed by atoms with Gasteiger partial charge in [0.1, 0.15) is 11.6 Å². The number of imidazole rings is 1. The average molecular weight is 853 g/mol. The first-order chi connectivity index (χ1) is 34.1. The Kier molecular flexibility index (Phi) is 9.28. The van der Waals surface area contributed by atoms with Gasteiger partial charge in [0.2, 0.25) is 0 Å². The second-order valence-corrected chi connectivity index (χ2v) is 19.4. The molecule has 0 aliphatic rings. The predicted molar refractivity (Wildman–Crippen MR) is 272 cm³/mol. The van der Waals surface area contributed by atoms with Crippen LogP contribution in [0.1, 0.15) is 135 Å². The molecule has 8 rings (SSSR count). The molecule has 0 atom stereocenters. The highest BCUT2D eigenvalue weighted by molar-refractivity contribution is 5.98. The van der Waals surface area contributed by atoms with Crippen LogP contribution in [0.4, 0.5) is 0 Å². The lowest BCUT2D eigenvalue weighted by atomic mass is 9.83. The SMILES string of the molecule is [2H]C([2H])([2H])C(c1ccc(-c2ccnc(-c3cc(-c4cccc5c4nc(-c4cc(C(C)C)cc(C(C)C)c4O)n5-c4ccc(CC(C)C)cc4-c4ccccc4)cc(C(C)(C)C)c3)c2)cc1)(C([2H])([2H])[2H])C([2H])([2H])[2H]. The van der Waals surface area contributed by atoms with Crippen molar-refractivity contribution < 1.29 is 17.4 Å². The van der Waals surface area contributed by atoms with E-state index in [-0.39, 0.29) is 28.6 Å². The van der Waals surface area contributed by atoms with Crippen LogP contribution in [0.15, 0.2) is 140 Å². The van der Waals surface area contributed by atoms with E-state index in [2.05, 4.69) is 158 Å². The first-order valence-electron chi connectivity index (χ1n) is 26.9. The fourth-order valence-corrected chi connectivity index (χ4v) is 8.65. The third-order valence-electron chi connectivity index (χ3n) is 12.2. The molecule has 0 aliphatic carbocycles. The van der Waals surface area contributed by atoms with E-state index >= 15 is 0 Å². The van der Waals surface area contributed by atoms with Crippen molar-refractivity contribution >= 4 is 11.0 Å². The molecule has 0 aliphatic heterocycles. The van der Waals surface area contributed by atoms with Crippen LogP contribution >= 0.6 is 0 Å². The van der Waals surface area contributed by atoms with E-state index in [0.29, 0.717) is 34.1 Å². The Bertz CT molecular complexity index is 3270. The van der Waals surface area contributed by atoms with Crippen LogP contribution in [0.25, 0.3) is 72.7 Å². The molecule has 4 nitrogen and oxygen atoms in total. The molecule has 2 heterocycles. The zero-order chi connectivity index (χ0) is 53.2. The molecule has 6 aromatic carbocycles. The summed E-state index contributed by atoms with van der Waals surface area (Å²) in [5.74, 6) is 1.53. The monoisotopic (exact) mass is 853 g/mol. The van der Waals surface area contributed by atoms with Crippen molar-refractivity contribution in [2.75, 3.05) is 0 Å². The number of rotatable bonds is 10. The first-order valence-corrected chi connectivity index (χ1v) is 22.4. The van der Waals surface area contributed by atoms with Crippen LogP contribution in [0.5, 0.6) is 5.75 Å². The Morgan fingerprint density at radius 1 is 0.594 bits per heavy atom. The van der Waals surface area contributed by atoms with Gasteiger partial charge < -0.3 is 5.11 Å². The minimum absolute atomic E-state index is 0.0508. The third kappa shape index (κ3) is 8.93. The summed E-state index contributed by atoms with van der Waals surface area (Å²) in [6.45, 7) is 9.39. The van der Waals surface area contributed by atoms with E-state index < -0.39 is 26.0 Å². The lowest BCUT2D eigenvalue weighted by Crippen LogP contribution is -2.11. The molecule has 0 unspecified atom stereocenters. The maximum Gasteiger partial charge on any atom is 0.149 e. The van der Waals surface area contributed by atoms with Crippen LogP contribution in [-0.2, 0) is 17.3 Å². The molecular weight excluding hydrogens is 779 g/mol. The standard InChI is InChI=1S/C60H65N3O/c1-37(2)29-40-21-26-54(51(30-40)42-17-14-13-15-18-42)63-55-20-16-19-49(56(55)62-58(63)52-35-44(38(3)4)34-50(39(5)6)57(52)64)45-31-46(33-48(32-45)60(10,11)12)53-36-43(27-28-61-53)41-22-24-47(25-23-41)59(7,8)9/h13-28,30-39,64H,29H2,1-12H3/i7D3,8D3,9D3. The van der Waals surface area contributed by atoms with Crippen molar-refractivity contribution in [2.24, 2.45) is 5.92 Å². The lowest BCUT2D eigenvalue weighted by Gasteiger charge is -2.22. The van der Waals surface area contributed by atoms with E-state index in [4.69, 9.17) is 22.3 Å². The molecule has 2 aromatic heterocycles. The van der Waals surface area contributed by atoms with Gasteiger partial charge in [-0.1, -0.05) is 168 Å². The summed E-state index contributed by atoms with van der Waals surface area (Å²) in [5.41, 5.74) is 10.5. The maximum atomic E-state index is 12.3. The van der Waals surface area contributed by atoms with E-state index in [0.717, 1.165) is 67.6 Å². The van der Waals surface area contributed by atoms with E-state index in [1.165, 1.54) is 17.7 Å². The van der Waals surface area contributed by atoms with E-state index in [9.17, 15) is 5.11 Å². The number of hydrogen-bond donors (Lipinski definition) is 1. The molecule has 0 saturated carbocycles. The summed E-state index contributed by atoms with van der Waals surface area (Å²) in [4.78, 5) is 10.5. The molecule has 0 saturated heterocycles.